The number of aryl methyl sites for hydroxylation is 1. The van der Waals surface area contributed by atoms with E-state index < -0.39 is 0 Å². The second-order valence-corrected chi connectivity index (χ2v) is 4.19. The first-order valence-electron chi connectivity index (χ1n) is 5.82. The average molecular weight is 243 g/mol. The van der Waals surface area contributed by atoms with E-state index in [1.807, 2.05) is 38.2 Å². The Morgan fingerprint density at radius 1 is 1.22 bits per heavy atom. The van der Waals surface area contributed by atoms with Crippen LogP contribution in [0.5, 0.6) is 5.75 Å². The Balaban J connectivity index is 2.18. The van der Waals surface area contributed by atoms with Crippen molar-refractivity contribution in [3.05, 3.63) is 47.9 Å². The molecule has 0 saturated heterocycles. The lowest BCUT2D eigenvalue weighted by Gasteiger charge is -2.19. The average Bonchev–Trinajstić information content (AvgIpc) is 2.39. The summed E-state index contributed by atoms with van der Waals surface area (Å²) in [5.74, 6) is 1.81. The molecule has 1 aromatic heterocycles. The van der Waals surface area contributed by atoms with Gasteiger partial charge < -0.3 is 9.64 Å². The Morgan fingerprint density at radius 3 is 2.72 bits per heavy atom. The molecule has 0 radical (unpaired) electrons. The zero-order valence-corrected chi connectivity index (χ0v) is 10.9. The Hall–Kier alpha value is -2.10. The maximum Gasteiger partial charge on any atom is 0.132 e. The van der Waals surface area contributed by atoms with Gasteiger partial charge in [0.25, 0.3) is 0 Å². The van der Waals surface area contributed by atoms with Crippen LogP contribution in [0.25, 0.3) is 0 Å². The van der Waals surface area contributed by atoms with Crippen LogP contribution in [-0.2, 0) is 6.54 Å². The smallest absolute Gasteiger partial charge is 0.132 e. The van der Waals surface area contributed by atoms with Gasteiger partial charge in [-0.2, -0.15) is 0 Å². The highest BCUT2D eigenvalue weighted by Crippen LogP contribution is 2.20. The van der Waals surface area contributed by atoms with Gasteiger partial charge in [0.05, 0.1) is 7.11 Å². The number of hydrogen-bond donors (Lipinski definition) is 0. The second-order valence-electron chi connectivity index (χ2n) is 4.19. The molecule has 0 aliphatic carbocycles. The van der Waals surface area contributed by atoms with Crippen LogP contribution >= 0.6 is 0 Å². The largest absolute Gasteiger partial charge is 0.496 e. The van der Waals surface area contributed by atoms with Gasteiger partial charge in [0.15, 0.2) is 0 Å². The summed E-state index contributed by atoms with van der Waals surface area (Å²) in [5.41, 5.74) is 2.10. The number of ether oxygens (including phenoxy) is 1. The molecular formula is C14H17N3O. The summed E-state index contributed by atoms with van der Waals surface area (Å²) in [7, 11) is 3.70. The molecular weight excluding hydrogens is 226 g/mol. The van der Waals surface area contributed by atoms with Crippen molar-refractivity contribution >= 4 is 5.82 Å². The van der Waals surface area contributed by atoms with Gasteiger partial charge in [0.1, 0.15) is 17.9 Å². The predicted molar refractivity (Wildman–Crippen MR) is 71.9 cm³/mol. The number of rotatable bonds is 4. The summed E-state index contributed by atoms with van der Waals surface area (Å²) in [6.07, 6.45) is 1.59. The molecule has 1 aromatic carbocycles. The zero-order chi connectivity index (χ0) is 13.0. The summed E-state index contributed by atoms with van der Waals surface area (Å²) >= 11 is 0. The Bertz CT molecular complexity index is 528. The SMILES string of the molecule is COc1ccccc1CN(C)c1cc(C)ncn1. The quantitative estimate of drug-likeness (QED) is 0.826. The van der Waals surface area contributed by atoms with Gasteiger partial charge in [-0.3, -0.25) is 0 Å². The van der Waals surface area contributed by atoms with Gasteiger partial charge in [-0.1, -0.05) is 18.2 Å². The van der Waals surface area contributed by atoms with Crippen LogP contribution in [-0.4, -0.2) is 24.1 Å². The summed E-state index contributed by atoms with van der Waals surface area (Å²) in [6, 6.07) is 9.97. The first-order chi connectivity index (χ1) is 8.70. The molecule has 0 unspecified atom stereocenters. The summed E-state index contributed by atoms with van der Waals surface area (Å²) in [5, 5.41) is 0. The molecule has 4 nitrogen and oxygen atoms in total. The van der Waals surface area contributed by atoms with E-state index in [4.69, 9.17) is 4.74 Å². The van der Waals surface area contributed by atoms with Crippen LogP contribution in [0.1, 0.15) is 11.3 Å². The third kappa shape index (κ3) is 2.77. The Kier molecular flexibility index (Phi) is 3.77. The van der Waals surface area contributed by atoms with Crippen molar-refractivity contribution in [3.8, 4) is 5.75 Å². The third-order valence-electron chi connectivity index (χ3n) is 2.78. The molecule has 94 valence electrons. The van der Waals surface area contributed by atoms with Gasteiger partial charge in [0, 0.05) is 30.9 Å². The molecule has 2 aromatic rings. The molecule has 0 aliphatic rings. The van der Waals surface area contributed by atoms with E-state index >= 15 is 0 Å². The summed E-state index contributed by atoms with van der Waals surface area (Å²) < 4.78 is 5.35. The number of anilines is 1. The van der Waals surface area contributed by atoms with Gasteiger partial charge >= 0.3 is 0 Å². The van der Waals surface area contributed by atoms with Crippen molar-refractivity contribution < 1.29 is 4.74 Å². The van der Waals surface area contributed by atoms with E-state index in [2.05, 4.69) is 20.9 Å². The molecule has 1 heterocycles. The fourth-order valence-electron chi connectivity index (χ4n) is 1.82. The molecule has 0 spiro atoms. The second kappa shape index (κ2) is 5.49. The van der Waals surface area contributed by atoms with Gasteiger partial charge in [-0.25, -0.2) is 9.97 Å². The van der Waals surface area contributed by atoms with Crippen molar-refractivity contribution in [2.75, 3.05) is 19.1 Å². The monoisotopic (exact) mass is 243 g/mol. The summed E-state index contributed by atoms with van der Waals surface area (Å²) in [6.45, 7) is 2.71. The minimum absolute atomic E-state index is 0.750. The van der Waals surface area contributed by atoms with E-state index in [0.29, 0.717) is 0 Å². The lowest BCUT2D eigenvalue weighted by atomic mass is 10.2. The standard InChI is InChI=1S/C14H17N3O/c1-11-8-14(16-10-15-11)17(2)9-12-6-4-5-7-13(12)18-3/h4-8,10H,9H2,1-3H3. The van der Waals surface area contributed by atoms with Crippen molar-refractivity contribution in [3.63, 3.8) is 0 Å². The maximum atomic E-state index is 5.35. The van der Waals surface area contributed by atoms with Crippen LogP contribution in [0.15, 0.2) is 36.7 Å². The van der Waals surface area contributed by atoms with Crippen molar-refractivity contribution in [1.29, 1.82) is 0 Å². The minimum atomic E-state index is 0.750. The molecule has 0 atom stereocenters. The molecule has 0 amide bonds. The topological polar surface area (TPSA) is 38.2 Å². The molecule has 18 heavy (non-hydrogen) atoms. The van der Waals surface area contributed by atoms with Crippen LogP contribution in [0.3, 0.4) is 0 Å². The summed E-state index contributed by atoms with van der Waals surface area (Å²) in [4.78, 5) is 10.4. The lowest BCUT2D eigenvalue weighted by molar-refractivity contribution is 0.409. The predicted octanol–water partition coefficient (Wildman–Crippen LogP) is 2.43. The number of methoxy groups -OCH3 is 1. The first kappa shape index (κ1) is 12.4. The molecule has 0 bridgehead atoms. The highest BCUT2D eigenvalue weighted by molar-refractivity contribution is 5.42. The van der Waals surface area contributed by atoms with Crippen molar-refractivity contribution in [2.24, 2.45) is 0 Å². The van der Waals surface area contributed by atoms with Gasteiger partial charge in [0.2, 0.25) is 0 Å². The highest BCUT2D eigenvalue weighted by atomic mass is 16.5. The van der Waals surface area contributed by atoms with E-state index in [-0.39, 0.29) is 0 Å². The Morgan fingerprint density at radius 2 is 2.00 bits per heavy atom. The first-order valence-corrected chi connectivity index (χ1v) is 5.82. The molecule has 0 fully saturated rings. The van der Waals surface area contributed by atoms with Crippen LogP contribution < -0.4 is 9.64 Å². The lowest BCUT2D eigenvalue weighted by Crippen LogP contribution is -2.18. The maximum absolute atomic E-state index is 5.35. The number of benzene rings is 1. The van der Waals surface area contributed by atoms with Crippen molar-refractivity contribution in [1.82, 2.24) is 9.97 Å². The number of para-hydroxylation sites is 1. The minimum Gasteiger partial charge on any atom is -0.496 e. The highest BCUT2D eigenvalue weighted by Gasteiger charge is 2.07. The van der Waals surface area contributed by atoms with E-state index in [9.17, 15) is 0 Å². The van der Waals surface area contributed by atoms with Crippen LogP contribution in [0, 0.1) is 6.92 Å². The number of aromatic nitrogens is 2. The molecule has 0 N–H and O–H groups in total. The number of nitrogens with zero attached hydrogens (tertiary/aromatic N) is 3. The van der Waals surface area contributed by atoms with Crippen molar-refractivity contribution in [2.45, 2.75) is 13.5 Å². The Labute approximate surface area is 107 Å². The van der Waals surface area contributed by atoms with Crippen LogP contribution in [0.4, 0.5) is 5.82 Å². The van der Waals surface area contributed by atoms with E-state index in [0.717, 1.165) is 29.4 Å². The molecule has 2 rings (SSSR count). The fraction of sp³-hybridized carbons (Fsp3) is 0.286. The van der Waals surface area contributed by atoms with E-state index in [1.165, 1.54) is 0 Å². The van der Waals surface area contributed by atoms with E-state index in [1.54, 1.807) is 13.4 Å². The normalized spacial score (nSPS) is 10.2. The van der Waals surface area contributed by atoms with Crippen LogP contribution in [0.2, 0.25) is 0 Å². The fourth-order valence-corrected chi connectivity index (χ4v) is 1.82. The third-order valence-corrected chi connectivity index (χ3v) is 2.78. The van der Waals surface area contributed by atoms with Gasteiger partial charge in [-0.05, 0) is 13.0 Å². The van der Waals surface area contributed by atoms with Gasteiger partial charge in [-0.15, -0.1) is 0 Å². The zero-order valence-electron chi connectivity index (χ0n) is 10.9. The molecule has 0 saturated carbocycles. The molecule has 0 aliphatic heterocycles. The number of hydrogen-bond acceptors (Lipinski definition) is 4. The molecule has 4 heteroatoms.